The molecule has 0 aliphatic carbocycles. The van der Waals surface area contributed by atoms with Crippen LogP contribution in [0.1, 0.15) is 19.3 Å². The Morgan fingerprint density at radius 1 is 1.39 bits per heavy atom. The number of likely N-dealkylation sites (tertiary alicyclic amines) is 1. The zero-order valence-electron chi connectivity index (χ0n) is 10.9. The van der Waals surface area contributed by atoms with Crippen molar-refractivity contribution in [3.05, 3.63) is 0 Å². The number of alkyl halides is 3. The van der Waals surface area contributed by atoms with Crippen molar-refractivity contribution in [1.82, 2.24) is 9.80 Å². The molecule has 0 aromatic carbocycles. The highest BCUT2D eigenvalue weighted by atomic mass is 19.4. The van der Waals surface area contributed by atoms with Gasteiger partial charge in [0.15, 0.2) is 0 Å². The quantitative estimate of drug-likeness (QED) is 0.792. The van der Waals surface area contributed by atoms with Crippen LogP contribution in [-0.2, 0) is 0 Å². The summed E-state index contributed by atoms with van der Waals surface area (Å²) in [6.07, 6.45) is -2.67. The molecule has 0 spiro atoms. The van der Waals surface area contributed by atoms with Crippen LogP contribution in [0.4, 0.5) is 13.2 Å². The largest absolute Gasteiger partial charge is 0.395 e. The van der Waals surface area contributed by atoms with Crippen LogP contribution in [0, 0.1) is 5.92 Å². The van der Waals surface area contributed by atoms with Crippen molar-refractivity contribution < 1.29 is 18.3 Å². The molecule has 108 valence electrons. The molecular formula is C12H23F3N2O. The Morgan fingerprint density at radius 3 is 2.72 bits per heavy atom. The fraction of sp³-hybridized carbons (Fsp3) is 1.00. The van der Waals surface area contributed by atoms with E-state index in [9.17, 15) is 13.2 Å². The van der Waals surface area contributed by atoms with Gasteiger partial charge in [0.25, 0.3) is 0 Å². The highest BCUT2D eigenvalue weighted by Gasteiger charge is 2.28. The number of hydrogen-bond acceptors (Lipinski definition) is 3. The van der Waals surface area contributed by atoms with Crippen molar-refractivity contribution in [2.45, 2.75) is 25.4 Å². The first-order chi connectivity index (χ1) is 8.40. The number of halogens is 3. The summed E-state index contributed by atoms with van der Waals surface area (Å²) in [5.41, 5.74) is 0. The first kappa shape index (κ1) is 15.7. The third-order valence-corrected chi connectivity index (χ3v) is 3.37. The van der Waals surface area contributed by atoms with Crippen molar-refractivity contribution in [1.29, 1.82) is 0 Å². The fourth-order valence-electron chi connectivity index (χ4n) is 2.49. The van der Waals surface area contributed by atoms with Crippen LogP contribution in [0.5, 0.6) is 0 Å². The molecule has 0 radical (unpaired) electrons. The molecule has 6 heteroatoms. The van der Waals surface area contributed by atoms with Gasteiger partial charge in [-0.25, -0.2) is 0 Å². The maximum Gasteiger partial charge on any atom is 0.390 e. The highest BCUT2D eigenvalue weighted by molar-refractivity contribution is 4.75. The Labute approximate surface area is 107 Å². The van der Waals surface area contributed by atoms with E-state index in [0.717, 1.165) is 25.9 Å². The van der Waals surface area contributed by atoms with E-state index in [1.165, 1.54) is 0 Å². The Morgan fingerprint density at radius 2 is 2.11 bits per heavy atom. The third kappa shape index (κ3) is 6.56. The van der Waals surface area contributed by atoms with Crippen LogP contribution in [0.25, 0.3) is 0 Å². The van der Waals surface area contributed by atoms with Gasteiger partial charge in [-0.3, -0.25) is 0 Å². The maximum absolute atomic E-state index is 12.1. The molecule has 1 atom stereocenters. The summed E-state index contributed by atoms with van der Waals surface area (Å²) in [7, 11) is 1.75. The van der Waals surface area contributed by atoms with Gasteiger partial charge in [0.1, 0.15) is 0 Å². The minimum atomic E-state index is -4.07. The Hall–Kier alpha value is -0.330. The summed E-state index contributed by atoms with van der Waals surface area (Å²) in [6.45, 7) is 3.47. The first-order valence-corrected chi connectivity index (χ1v) is 6.49. The molecule has 0 bridgehead atoms. The molecule has 0 aromatic heterocycles. The minimum absolute atomic E-state index is 0.0694. The van der Waals surface area contributed by atoms with Crippen LogP contribution in [0.3, 0.4) is 0 Å². The van der Waals surface area contributed by atoms with Crippen LogP contribution < -0.4 is 0 Å². The van der Waals surface area contributed by atoms with Crippen LogP contribution in [0.2, 0.25) is 0 Å². The number of β-amino-alcohol motifs (C(OH)–C–C–N with tert-alkyl or cyclic N) is 1. The zero-order chi connectivity index (χ0) is 13.6. The van der Waals surface area contributed by atoms with E-state index in [1.54, 1.807) is 11.9 Å². The highest BCUT2D eigenvalue weighted by Crippen LogP contribution is 2.21. The number of aliphatic hydroxyl groups excluding tert-OH is 1. The summed E-state index contributed by atoms with van der Waals surface area (Å²) in [6, 6.07) is 0. The van der Waals surface area contributed by atoms with Gasteiger partial charge in [0.2, 0.25) is 0 Å². The number of nitrogens with zero attached hydrogens (tertiary/aromatic N) is 2. The number of hydrogen-bond donors (Lipinski definition) is 1. The molecule has 1 N–H and O–H groups in total. The third-order valence-electron chi connectivity index (χ3n) is 3.37. The van der Waals surface area contributed by atoms with Crippen molar-refractivity contribution in [2.75, 3.05) is 46.4 Å². The lowest BCUT2D eigenvalue weighted by molar-refractivity contribution is -0.137. The summed E-state index contributed by atoms with van der Waals surface area (Å²) in [5.74, 6) is 0.420. The van der Waals surface area contributed by atoms with Gasteiger partial charge in [-0.2, -0.15) is 13.2 Å². The molecule has 0 unspecified atom stereocenters. The molecule has 1 fully saturated rings. The van der Waals surface area contributed by atoms with Gasteiger partial charge in [-0.1, -0.05) is 0 Å². The van der Waals surface area contributed by atoms with E-state index in [4.69, 9.17) is 5.11 Å². The van der Waals surface area contributed by atoms with E-state index in [0.29, 0.717) is 19.0 Å². The molecule has 1 aliphatic heterocycles. The van der Waals surface area contributed by atoms with Gasteiger partial charge in [0, 0.05) is 26.2 Å². The van der Waals surface area contributed by atoms with E-state index in [1.807, 2.05) is 0 Å². The zero-order valence-corrected chi connectivity index (χ0v) is 10.9. The molecule has 1 heterocycles. The topological polar surface area (TPSA) is 26.7 Å². The number of aliphatic hydroxyl groups is 1. The number of piperidine rings is 1. The SMILES string of the molecule is CN(CCC(F)(F)F)C[C@@H]1CCCN(CCO)C1. The van der Waals surface area contributed by atoms with Crippen LogP contribution in [0.15, 0.2) is 0 Å². The lowest BCUT2D eigenvalue weighted by atomic mass is 9.97. The predicted octanol–water partition coefficient (Wildman–Crippen LogP) is 1.57. The summed E-state index contributed by atoms with van der Waals surface area (Å²) < 4.78 is 36.3. The summed E-state index contributed by atoms with van der Waals surface area (Å²) >= 11 is 0. The monoisotopic (exact) mass is 268 g/mol. The van der Waals surface area contributed by atoms with Gasteiger partial charge in [0.05, 0.1) is 13.0 Å². The average molecular weight is 268 g/mol. The molecule has 18 heavy (non-hydrogen) atoms. The van der Waals surface area contributed by atoms with Gasteiger partial charge < -0.3 is 14.9 Å². The van der Waals surface area contributed by atoms with Gasteiger partial charge in [-0.05, 0) is 32.4 Å². The minimum Gasteiger partial charge on any atom is -0.395 e. The van der Waals surface area contributed by atoms with E-state index < -0.39 is 12.6 Å². The standard InChI is InChI=1S/C12H23F3N2O/c1-16(6-4-12(13,14)15)9-11-3-2-5-17(10-11)7-8-18/h11,18H,2-10H2,1H3/t11-/m0/s1. The molecule has 0 amide bonds. The molecular weight excluding hydrogens is 245 g/mol. The van der Waals surface area contributed by atoms with E-state index in [2.05, 4.69) is 4.90 Å². The molecule has 0 saturated carbocycles. The Kier molecular flexibility index (Phi) is 6.38. The first-order valence-electron chi connectivity index (χ1n) is 6.49. The Balaban J connectivity index is 2.24. The Bertz CT molecular complexity index is 234. The summed E-state index contributed by atoms with van der Waals surface area (Å²) in [4.78, 5) is 3.95. The number of rotatable bonds is 6. The van der Waals surface area contributed by atoms with E-state index in [-0.39, 0.29) is 13.2 Å². The van der Waals surface area contributed by atoms with E-state index >= 15 is 0 Å². The second-order valence-electron chi connectivity index (χ2n) is 5.16. The van der Waals surface area contributed by atoms with Crippen molar-refractivity contribution in [3.63, 3.8) is 0 Å². The lowest BCUT2D eigenvalue weighted by Gasteiger charge is -2.34. The molecule has 1 saturated heterocycles. The van der Waals surface area contributed by atoms with Crippen molar-refractivity contribution >= 4 is 0 Å². The predicted molar refractivity (Wildman–Crippen MR) is 64.4 cm³/mol. The normalized spacial score (nSPS) is 22.7. The molecule has 0 aromatic rings. The van der Waals surface area contributed by atoms with Gasteiger partial charge >= 0.3 is 6.18 Å². The average Bonchev–Trinajstić information content (AvgIpc) is 2.26. The van der Waals surface area contributed by atoms with Gasteiger partial charge in [-0.15, -0.1) is 0 Å². The second-order valence-corrected chi connectivity index (χ2v) is 5.16. The molecule has 3 nitrogen and oxygen atoms in total. The molecule has 1 rings (SSSR count). The lowest BCUT2D eigenvalue weighted by Crippen LogP contribution is -2.41. The van der Waals surface area contributed by atoms with Crippen LogP contribution >= 0.6 is 0 Å². The van der Waals surface area contributed by atoms with Crippen LogP contribution in [-0.4, -0.2) is 67.5 Å². The second kappa shape index (κ2) is 7.31. The molecule has 1 aliphatic rings. The summed E-state index contributed by atoms with van der Waals surface area (Å²) in [5, 5.41) is 8.88. The van der Waals surface area contributed by atoms with Crippen molar-refractivity contribution in [2.24, 2.45) is 5.92 Å². The van der Waals surface area contributed by atoms with Crippen molar-refractivity contribution in [3.8, 4) is 0 Å². The fourth-order valence-corrected chi connectivity index (χ4v) is 2.49. The maximum atomic E-state index is 12.1. The smallest absolute Gasteiger partial charge is 0.390 e.